The van der Waals surface area contributed by atoms with Crippen LogP contribution < -0.4 is 14.8 Å². The minimum Gasteiger partial charge on any atom is -0.492 e. The fourth-order valence-electron chi connectivity index (χ4n) is 1.76. The van der Waals surface area contributed by atoms with Gasteiger partial charge in [-0.1, -0.05) is 29.8 Å². The zero-order valence-electron chi connectivity index (χ0n) is 12.3. The van der Waals surface area contributed by atoms with Gasteiger partial charge >= 0.3 is 0 Å². The number of para-hydroxylation sites is 1. The molecule has 0 heterocycles. The zero-order valence-corrected chi connectivity index (χ0v) is 13.0. The maximum atomic E-state index is 11.7. The Hall–Kier alpha value is -2.71. The largest absolute Gasteiger partial charge is 0.492 e. The molecule has 0 spiro atoms. The lowest BCUT2D eigenvalue weighted by Gasteiger charge is -2.09. The molecule has 1 N–H and O–H groups in total. The van der Waals surface area contributed by atoms with Crippen LogP contribution in [0, 0.1) is 11.3 Å². The molecule has 0 atom stereocenters. The molecular formula is C17H15ClN2O3. The Morgan fingerprint density at radius 2 is 1.96 bits per heavy atom. The summed E-state index contributed by atoms with van der Waals surface area (Å²) in [4.78, 5) is 11.7. The van der Waals surface area contributed by atoms with E-state index in [-0.39, 0.29) is 12.5 Å². The van der Waals surface area contributed by atoms with Gasteiger partial charge in [-0.25, -0.2) is 0 Å². The highest BCUT2D eigenvalue weighted by Gasteiger charge is 2.06. The lowest BCUT2D eigenvalue weighted by molar-refractivity contribution is -0.123. The lowest BCUT2D eigenvalue weighted by atomic mass is 10.2. The van der Waals surface area contributed by atoms with Crippen molar-refractivity contribution in [2.75, 3.05) is 19.8 Å². The van der Waals surface area contributed by atoms with E-state index < -0.39 is 0 Å². The zero-order chi connectivity index (χ0) is 16.5. The van der Waals surface area contributed by atoms with E-state index in [2.05, 4.69) is 5.32 Å². The average molecular weight is 331 g/mol. The number of ether oxygens (including phenoxy) is 2. The van der Waals surface area contributed by atoms with Crippen LogP contribution in [0.5, 0.6) is 11.5 Å². The van der Waals surface area contributed by atoms with Crippen molar-refractivity contribution in [3.63, 3.8) is 0 Å². The second-order valence-corrected chi connectivity index (χ2v) is 4.96. The van der Waals surface area contributed by atoms with Crippen molar-refractivity contribution in [1.82, 2.24) is 5.32 Å². The van der Waals surface area contributed by atoms with Gasteiger partial charge in [-0.15, -0.1) is 0 Å². The van der Waals surface area contributed by atoms with Gasteiger partial charge in [0.2, 0.25) is 0 Å². The normalized spacial score (nSPS) is 9.74. The average Bonchev–Trinajstić information content (AvgIpc) is 2.58. The Morgan fingerprint density at radius 1 is 1.17 bits per heavy atom. The minimum absolute atomic E-state index is 0.156. The number of nitriles is 1. The van der Waals surface area contributed by atoms with Crippen LogP contribution in [0.15, 0.2) is 48.5 Å². The number of rotatable bonds is 7. The number of nitrogens with zero attached hydrogens (tertiary/aromatic N) is 1. The van der Waals surface area contributed by atoms with E-state index in [1.54, 1.807) is 12.1 Å². The number of benzene rings is 2. The lowest BCUT2D eigenvalue weighted by Crippen LogP contribution is -2.32. The van der Waals surface area contributed by atoms with Gasteiger partial charge in [0.1, 0.15) is 18.1 Å². The number of nitrogens with one attached hydrogen (secondary N) is 1. The van der Waals surface area contributed by atoms with E-state index in [4.69, 9.17) is 26.3 Å². The molecule has 2 rings (SSSR count). The highest BCUT2D eigenvalue weighted by Crippen LogP contribution is 2.24. The van der Waals surface area contributed by atoms with Gasteiger partial charge in [-0.2, -0.15) is 5.26 Å². The first kappa shape index (κ1) is 16.7. The van der Waals surface area contributed by atoms with Crippen LogP contribution in [-0.4, -0.2) is 25.7 Å². The molecule has 0 saturated heterocycles. The first-order valence-corrected chi connectivity index (χ1v) is 7.34. The van der Waals surface area contributed by atoms with Crippen molar-refractivity contribution in [2.45, 2.75) is 0 Å². The standard InChI is InChI=1S/C17H15ClN2O3/c18-15-10-13(11-19)6-7-16(15)23-12-17(21)20-8-9-22-14-4-2-1-3-5-14/h1-7,10H,8-9,12H2,(H,20,21). The topological polar surface area (TPSA) is 71.3 Å². The molecule has 0 aliphatic heterocycles. The Bertz CT molecular complexity index is 699. The van der Waals surface area contributed by atoms with E-state index >= 15 is 0 Å². The van der Waals surface area contributed by atoms with E-state index in [1.807, 2.05) is 36.4 Å². The van der Waals surface area contributed by atoms with E-state index in [0.29, 0.717) is 29.5 Å². The number of hydrogen-bond donors (Lipinski definition) is 1. The van der Waals surface area contributed by atoms with Crippen LogP contribution >= 0.6 is 11.6 Å². The van der Waals surface area contributed by atoms with E-state index in [1.165, 1.54) is 6.07 Å². The molecule has 23 heavy (non-hydrogen) atoms. The summed E-state index contributed by atoms with van der Waals surface area (Å²) in [5.41, 5.74) is 0.435. The summed E-state index contributed by atoms with van der Waals surface area (Å²) in [6, 6.07) is 16.0. The third-order valence-corrected chi connectivity index (χ3v) is 3.15. The Kier molecular flexibility index (Phi) is 6.28. The van der Waals surface area contributed by atoms with Crippen LogP contribution in [0.4, 0.5) is 0 Å². The van der Waals surface area contributed by atoms with E-state index in [9.17, 15) is 4.79 Å². The van der Waals surface area contributed by atoms with Crippen molar-refractivity contribution < 1.29 is 14.3 Å². The first-order valence-electron chi connectivity index (χ1n) is 6.96. The van der Waals surface area contributed by atoms with Crippen LogP contribution in [0.25, 0.3) is 0 Å². The third kappa shape index (κ3) is 5.53. The quantitative estimate of drug-likeness (QED) is 0.792. The van der Waals surface area contributed by atoms with Crippen molar-refractivity contribution in [3.05, 3.63) is 59.1 Å². The van der Waals surface area contributed by atoms with Crippen LogP contribution in [0.3, 0.4) is 0 Å². The summed E-state index contributed by atoms with van der Waals surface area (Å²) in [6.45, 7) is 0.586. The van der Waals surface area contributed by atoms with Gasteiger partial charge < -0.3 is 14.8 Å². The molecule has 0 aliphatic carbocycles. The second kappa shape index (κ2) is 8.66. The first-order chi connectivity index (χ1) is 11.2. The Labute approximate surface area is 139 Å². The van der Waals surface area contributed by atoms with Crippen molar-refractivity contribution in [1.29, 1.82) is 5.26 Å². The molecule has 1 amide bonds. The van der Waals surface area contributed by atoms with Gasteiger partial charge in [-0.05, 0) is 30.3 Å². The second-order valence-electron chi connectivity index (χ2n) is 4.56. The van der Waals surface area contributed by atoms with Crippen molar-refractivity contribution >= 4 is 17.5 Å². The van der Waals surface area contributed by atoms with Crippen molar-refractivity contribution in [3.8, 4) is 17.6 Å². The molecule has 0 saturated carbocycles. The number of halogens is 1. The third-order valence-electron chi connectivity index (χ3n) is 2.86. The number of carbonyl (C=O) groups excluding carboxylic acids is 1. The highest BCUT2D eigenvalue weighted by molar-refractivity contribution is 6.32. The summed E-state index contributed by atoms with van der Waals surface area (Å²) in [6.07, 6.45) is 0. The molecule has 0 aliphatic rings. The Balaban J connectivity index is 1.68. The number of carbonyl (C=O) groups is 1. The molecule has 6 heteroatoms. The molecule has 118 valence electrons. The summed E-state index contributed by atoms with van der Waals surface area (Å²) < 4.78 is 10.8. The molecule has 5 nitrogen and oxygen atoms in total. The maximum absolute atomic E-state index is 11.7. The molecule has 0 fully saturated rings. The van der Waals surface area contributed by atoms with Crippen LogP contribution in [0.2, 0.25) is 5.02 Å². The van der Waals surface area contributed by atoms with Gasteiger partial charge in [0.05, 0.1) is 23.2 Å². The highest BCUT2D eigenvalue weighted by atomic mass is 35.5. The van der Waals surface area contributed by atoms with Crippen LogP contribution in [0.1, 0.15) is 5.56 Å². The predicted molar refractivity (Wildman–Crippen MR) is 86.6 cm³/mol. The maximum Gasteiger partial charge on any atom is 0.258 e. The summed E-state index contributed by atoms with van der Waals surface area (Å²) in [5.74, 6) is 0.839. The molecule has 0 radical (unpaired) electrons. The SMILES string of the molecule is N#Cc1ccc(OCC(=O)NCCOc2ccccc2)c(Cl)c1. The molecular weight excluding hydrogens is 316 g/mol. The minimum atomic E-state index is -0.276. The fraction of sp³-hybridized carbons (Fsp3) is 0.176. The monoisotopic (exact) mass is 330 g/mol. The molecule has 2 aromatic carbocycles. The molecule has 2 aromatic rings. The van der Waals surface area contributed by atoms with Gasteiger partial charge in [0.25, 0.3) is 5.91 Å². The Morgan fingerprint density at radius 3 is 2.65 bits per heavy atom. The summed E-state index contributed by atoms with van der Waals surface area (Å²) in [5, 5.41) is 11.7. The van der Waals surface area contributed by atoms with Crippen molar-refractivity contribution in [2.24, 2.45) is 0 Å². The molecule has 0 unspecified atom stereocenters. The van der Waals surface area contributed by atoms with Gasteiger partial charge in [0, 0.05) is 0 Å². The summed E-state index contributed by atoms with van der Waals surface area (Å²) >= 11 is 5.96. The summed E-state index contributed by atoms with van der Waals surface area (Å²) in [7, 11) is 0. The van der Waals surface area contributed by atoms with Gasteiger partial charge in [-0.3, -0.25) is 4.79 Å². The number of hydrogen-bond acceptors (Lipinski definition) is 4. The van der Waals surface area contributed by atoms with Gasteiger partial charge in [0.15, 0.2) is 6.61 Å². The molecule has 0 bridgehead atoms. The fourth-order valence-corrected chi connectivity index (χ4v) is 1.99. The van der Waals surface area contributed by atoms with E-state index in [0.717, 1.165) is 5.75 Å². The molecule has 0 aromatic heterocycles. The predicted octanol–water partition coefficient (Wildman–Crippen LogP) is 2.79. The smallest absolute Gasteiger partial charge is 0.258 e. The number of amides is 1. The van der Waals surface area contributed by atoms with Crippen LogP contribution in [-0.2, 0) is 4.79 Å².